The molecule has 0 radical (unpaired) electrons. The lowest BCUT2D eigenvalue weighted by Gasteiger charge is -2.17. The van der Waals surface area contributed by atoms with Crippen LogP contribution in [0.1, 0.15) is 21.5 Å². The fourth-order valence-electron chi connectivity index (χ4n) is 2.62. The van der Waals surface area contributed by atoms with Crippen molar-refractivity contribution in [3.05, 3.63) is 64.7 Å². The molecule has 9 heteroatoms. The van der Waals surface area contributed by atoms with Crippen LogP contribution >= 0.6 is 12.2 Å². The van der Waals surface area contributed by atoms with Crippen molar-refractivity contribution in [3.63, 3.8) is 0 Å². The van der Waals surface area contributed by atoms with Crippen molar-refractivity contribution in [1.82, 2.24) is 10.6 Å². The van der Waals surface area contributed by atoms with Crippen molar-refractivity contribution in [1.29, 1.82) is 0 Å². The third kappa shape index (κ3) is 4.77. The minimum atomic E-state index is -1.26. The molecule has 29 heavy (non-hydrogen) atoms. The van der Waals surface area contributed by atoms with Gasteiger partial charge >= 0.3 is 0 Å². The summed E-state index contributed by atoms with van der Waals surface area (Å²) in [5.74, 6) is -1.63. The van der Waals surface area contributed by atoms with Crippen LogP contribution in [0.15, 0.2) is 48.0 Å². The Kier molecular flexibility index (Phi) is 5.89. The molecule has 0 aliphatic carbocycles. The van der Waals surface area contributed by atoms with E-state index in [1.54, 1.807) is 30.3 Å². The van der Waals surface area contributed by atoms with E-state index in [2.05, 4.69) is 10.6 Å². The molecule has 1 fully saturated rings. The summed E-state index contributed by atoms with van der Waals surface area (Å²) in [7, 11) is 1.45. The van der Waals surface area contributed by atoms with Gasteiger partial charge in [-0.05, 0) is 47.6 Å². The monoisotopic (exact) mass is 411 g/mol. The van der Waals surface area contributed by atoms with E-state index in [9.17, 15) is 19.5 Å². The summed E-state index contributed by atoms with van der Waals surface area (Å²) >= 11 is 4.77. The highest BCUT2D eigenvalue weighted by atomic mass is 32.1. The van der Waals surface area contributed by atoms with Crippen LogP contribution in [0.3, 0.4) is 0 Å². The number of benzene rings is 2. The molecule has 0 unspecified atom stereocenters. The fraction of sp³-hybridized carbons (Fsp3) is 0.100. The zero-order valence-corrected chi connectivity index (χ0v) is 16.0. The number of carbonyl (C=O) groups is 3. The number of aromatic carboxylic acids is 1. The number of carbonyl (C=O) groups excluding carboxylic acids is 3. The highest BCUT2D eigenvalue weighted by Crippen LogP contribution is 2.27. The van der Waals surface area contributed by atoms with Crippen LogP contribution in [0.25, 0.3) is 6.08 Å². The molecule has 1 saturated heterocycles. The Bertz CT molecular complexity index is 1030. The molecule has 148 valence electrons. The molecule has 2 aromatic rings. The smallest absolute Gasteiger partial charge is 0.263 e. The second-order valence-corrected chi connectivity index (χ2v) is 6.38. The summed E-state index contributed by atoms with van der Waals surface area (Å²) in [6.07, 6.45) is 1.39. The number of nitrogens with one attached hydrogen (secondary N) is 2. The van der Waals surface area contributed by atoms with Gasteiger partial charge in [-0.3, -0.25) is 20.2 Å². The summed E-state index contributed by atoms with van der Waals surface area (Å²) < 4.78 is 11.0. The molecule has 1 heterocycles. The standard InChI is InChI=1S/C20H16N2O6S/c1-27-16-9-14(28-10-11-3-2-4-13(7-11)19(25)26)6-5-12(16)8-15-17(23)21-20(29)22-18(15)24/h2-9H,10H2,1H3,(H,25,26)(H2,21,22,23,24,29)/p-1. The maximum Gasteiger partial charge on any atom is 0.263 e. The molecular weight excluding hydrogens is 396 g/mol. The molecule has 0 bridgehead atoms. The van der Waals surface area contributed by atoms with Gasteiger partial charge in [-0.15, -0.1) is 0 Å². The Morgan fingerprint density at radius 1 is 1.14 bits per heavy atom. The molecule has 0 aromatic heterocycles. The molecule has 2 aromatic carbocycles. The number of carboxylic acid groups (broad SMARTS) is 1. The van der Waals surface area contributed by atoms with Crippen LogP contribution in [0.5, 0.6) is 11.5 Å². The summed E-state index contributed by atoms with van der Waals surface area (Å²) in [5.41, 5.74) is 1.11. The van der Waals surface area contributed by atoms with E-state index in [0.717, 1.165) is 0 Å². The van der Waals surface area contributed by atoms with E-state index in [1.165, 1.54) is 25.3 Å². The number of hydrogen-bond acceptors (Lipinski definition) is 7. The lowest BCUT2D eigenvalue weighted by Crippen LogP contribution is -2.51. The van der Waals surface area contributed by atoms with E-state index in [0.29, 0.717) is 22.6 Å². The molecule has 2 amide bonds. The lowest BCUT2D eigenvalue weighted by molar-refractivity contribution is -0.255. The van der Waals surface area contributed by atoms with Gasteiger partial charge in [0, 0.05) is 11.6 Å². The zero-order chi connectivity index (χ0) is 21.0. The van der Waals surface area contributed by atoms with Crippen molar-refractivity contribution in [2.45, 2.75) is 6.61 Å². The second-order valence-electron chi connectivity index (χ2n) is 5.98. The van der Waals surface area contributed by atoms with E-state index in [1.807, 2.05) is 0 Å². The molecule has 0 saturated carbocycles. The molecule has 0 atom stereocenters. The van der Waals surface area contributed by atoms with Gasteiger partial charge in [0.15, 0.2) is 5.11 Å². The van der Waals surface area contributed by atoms with Crippen LogP contribution < -0.4 is 25.2 Å². The number of carboxylic acids is 1. The van der Waals surface area contributed by atoms with E-state index >= 15 is 0 Å². The molecule has 2 N–H and O–H groups in total. The van der Waals surface area contributed by atoms with Gasteiger partial charge in [-0.2, -0.15) is 0 Å². The summed E-state index contributed by atoms with van der Waals surface area (Å²) in [6.45, 7) is 0.132. The maximum absolute atomic E-state index is 12.0. The Balaban J connectivity index is 1.79. The lowest BCUT2D eigenvalue weighted by atomic mass is 10.1. The van der Waals surface area contributed by atoms with Crippen LogP contribution in [0, 0.1) is 0 Å². The molecule has 1 aliphatic rings. The van der Waals surface area contributed by atoms with Crippen molar-refractivity contribution < 1.29 is 29.0 Å². The van der Waals surface area contributed by atoms with Crippen LogP contribution in [-0.2, 0) is 16.2 Å². The van der Waals surface area contributed by atoms with Crippen LogP contribution in [0.4, 0.5) is 0 Å². The van der Waals surface area contributed by atoms with Crippen molar-refractivity contribution >= 4 is 41.2 Å². The normalized spacial score (nSPS) is 13.4. The minimum Gasteiger partial charge on any atom is -0.545 e. The average Bonchev–Trinajstić information content (AvgIpc) is 2.69. The number of thiocarbonyl (C=S) groups is 1. The molecule has 1 aliphatic heterocycles. The maximum atomic E-state index is 12.0. The number of hydrogen-bond donors (Lipinski definition) is 2. The number of ether oxygens (including phenoxy) is 2. The number of methoxy groups -OCH3 is 1. The van der Waals surface area contributed by atoms with Gasteiger partial charge in [0.1, 0.15) is 23.7 Å². The Hall–Kier alpha value is -3.72. The van der Waals surface area contributed by atoms with Crippen molar-refractivity contribution in [3.8, 4) is 11.5 Å². The third-order valence-electron chi connectivity index (χ3n) is 4.02. The predicted molar refractivity (Wildman–Crippen MR) is 105 cm³/mol. The highest BCUT2D eigenvalue weighted by molar-refractivity contribution is 7.80. The quantitative estimate of drug-likeness (QED) is 0.405. The highest BCUT2D eigenvalue weighted by Gasteiger charge is 2.26. The zero-order valence-electron chi connectivity index (χ0n) is 15.2. The summed E-state index contributed by atoms with van der Waals surface area (Å²) in [4.78, 5) is 34.9. The SMILES string of the molecule is COc1cc(OCc2cccc(C(=O)[O-])c2)ccc1C=C1C(=O)NC(=S)NC1=O. The first-order valence-corrected chi connectivity index (χ1v) is 8.77. The van der Waals surface area contributed by atoms with Gasteiger partial charge in [-0.25, -0.2) is 0 Å². The minimum absolute atomic E-state index is 0.0457. The van der Waals surface area contributed by atoms with Crippen LogP contribution in [-0.4, -0.2) is 30.0 Å². The van der Waals surface area contributed by atoms with Gasteiger partial charge < -0.3 is 19.4 Å². The first kappa shape index (κ1) is 20.0. The van der Waals surface area contributed by atoms with Crippen molar-refractivity contribution in [2.24, 2.45) is 0 Å². The van der Waals surface area contributed by atoms with Crippen molar-refractivity contribution in [2.75, 3.05) is 7.11 Å². The summed E-state index contributed by atoms with van der Waals surface area (Å²) in [6, 6.07) is 11.1. The topological polar surface area (TPSA) is 117 Å². The van der Waals surface area contributed by atoms with E-state index < -0.39 is 17.8 Å². The van der Waals surface area contributed by atoms with Gasteiger partial charge in [0.05, 0.1) is 13.1 Å². The number of rotatable bonds is 6. The predicted octanol–water partition coefficient (Wildman–Crippen LogP) is 0.552. The molecule has 8 nitrogen and oxygen atoms in total. The van der Waals surface area contributed by atoms with Gasteiger partial charge in [0.25, 0.3) is 11.8 Å². The first-order chi connectivity index (χ1) is 13.9. The Morgan fingerprint density at radius 3 is 2.52 bits per heavy atom. The van der Waals surface area contributed by atoms with Crippen LogP contribution in [0.2, 0.25) is 0 Å². The van der Waals surface area contributed by atoms with E-state index in [4.69, 9.17) is 21.7 Å². The second kappa shape index (κ2) is 8.53. The average molecular weight is 411 g/mol. The molecule has 3 rings (SSSR count). The summed E-state index contributed by atoms with van der Waals surface area (Å²) in [5, 5.41) is 15.6. The third-order valence-corrected chi connectivity index (χ3v) is 4.22. The Labute approximate surface area is 171 Å². The molecule has 0 spiro atoms. The largest absolute Gasteiger partial charge is 0.545 e. The fourth-order valence-corrected chi connectivity index (χ4v) is 2.80. The van der Waals surface area contributed by atoms with Gasteiger partial charge in [0.2, 0.25) is 0 Å². The van der Waals surface area contributed by atoms with Gasteiger partial charge in [-0.1, -0.05) is 18.2 Å². The first-order valence-electron chi connectivity index (χ1n) is 8.37. The Morgan fingerprint density at radius 2 is 1.86 bits per heavy atom. The number of amides is 2. The van der Waals surface area contributed by atoms with E-state index in [-0.39, 0.29) is 22.9 Å². The molecular formula is C20H15N2O6S-.